The predicted octanol–water partition coefficient (Wildman–Crippen LogP) is 2.09. The van der Waals surface area contributed by atoms with Gasteiger partial charge < -0.3 is 5.32 Å². The van der Waals surface area contributed by atoms with E-state index >= 15 is 0 Å². The van der Waals surface area contributed by atoms with Gasteiger partial charge in [-0.3, -0.25) is 4.79 Å². The lowest BCUT2D eigenvalue weighted by atomic mass is 10.3. The van der Waals surface area contributed by atoms with Gasteiger partial charge in [0.2, 0.25) is 15.9 Å². The summed E-state index contributed by atoms with van der Waals surface area (Å²) in [7, 11) is -3.69. The lowest BCUT2D eigenvalue weighted by molar-refractivity contribution is -0.114. The summed E-state index contributed by atoms with van der Waals surface area (Å²) < 4.78 is 38.4. The van der Waals surface area contributed by atoms with Crippen LogP contribution in [-0.2, 0) is 14.8 Å². The molecule has 0 spiro atoms. The second kappa shape index (κ2) is 7.01. The Balaban J connectivity index is 2.78. The molecule has 0 aliphatic carbocycles. The molecule has 20 heavy (non-hydrogen) atoms. The van der Waals surface area contributed by atoms with Crippen LogP contribution in [0.4, 0.5) is 10.1 Å². The van der Waals surface area contributed by atoms with Gasteiger partial charge in [0.1, 0.15) is 11.6 Å². The zero-order chi connectivity index (χ0) is 15.3. The Morgan fingerprint density at radius 3 is 2.45 bits per heavy atom. The van der Waals surface area contributed by atoms with E-state index < -0.39 is 27.5 Å². The number of nitrogens with one attached hydrogen (secondary N) is 1. The zero-order valence-corrected chi connectivity index (χ0v) is 12.8. The molecule has 0 heterocycles. The van der Waals surface area contributed by atoms with Crippen LogP contribution < -0.4 is 5.32 Å². The third-order valence-electron chi connectivity index (χ3n) is 2.62. The molecule has 0 aliphatic heterocycles. The highest BCUT2D eigenvalue weighted by Gasteiger charge is 2.23. The third kappa shape index (κ3) is 4.43. The molecule has 0 aromatic heterocycles. The number of rotatable bonds is 6. The molecular weight excluding hydrogens is 307 g/mol. The summed E-state index contributed by atoms with van der Waals surface area (Å²) >= 11 is 5.58. The van der Waals surface area contributed by atoms with E-state index in [4.69, 9.17) is 11.6 Å². The maximum atomic E-state index is 13.5. The number of nitrogens with zero attached hydrogens (tertiary/aromatic N) is 1. The number of carbonyl (C=O) groups is 1. The van der Waals surface area contributed by atoms with E-state index in [9.17, 15) is 17.6 Å². The van der Waals surface area contributed by atoms with Crippen molar-refractivity contribution in [2.24, 2.45) is 0 Å². The fraction of sp³-hybridized carbons (Fsp3) is 0.417. The molecule has 8 heteroatoms. The topological polar surface area (TPSA) is 66.5 Å². The van der Waals surface area contributed by atoms with Crippen LogP contribution in [0.2, 0.25) is 5.02 Å². The Morgan fingerprint density at radius 2 is 1.95 bits per heavy atom. The molecule has 0 aliphatic rings. The molecule has 0 saturated carbocycles. The maximum absolute atomic E-state index is 13.5. The Kier molecular flexibility index (Phi) is 5.91. The van der Waals surface area contributed by atoms with Gasteiger partial charge in [-0.05, 0) is 18.2 Å². The van der Waals surface area contributed by atoms with Gasteiger partial charge >= 0.3 is 0 Å². The van der Waals surface area contributed by atoms with Gasteiger partial charge in [0.15, 0.2) is 0 Å². The summed E-state index contributed by atoms with van der Waals surface area (Å²) in [5.41, 5.74) is -0.103. The number of sulfonamides is 1. The van der Waals surface area contributed by atoms with Crippen molar-refractivity contribution in [1.29, 1.82) is 0 Å². The first-order chi connectivity index (χ1) is 9.30. The first-order valence-corrected chi connectivity index (χ1v) is 8.01. The monoisotopic (exact) mass is 322 g/mol. The van der Waals surface area contributed by atoms with E-state index in [1.165, 1.54) is 16.4 Å². The summed E-state index contributed by atoms with van der Waals surface area (Å²) in [5.74, 6) is -2.24. The highest BCUT2D eigenvalue weighted by molar-refractivity contribution is 7.89. The van der Waals surface area contributed by atoms with Gasteiger partial charge in [-0.15, -0.1) is 0 Å². The lowest BCUT2D eigenvalue weighted by Crippen LogP contribution is -2.37. The first kappa shape index (κ1) is 16.9. The average Bonchev–Trinajstić information content (AvgIpc) is 2.33. The molecule has 1 aromatic carbocycles. The number of benzene rings is 1. The standard InChI is InChI=1S/C12H16ClFN2O3S/c1-3-16(4-2)20(18,19)8-12(17)15-11-6-5-9(13)7-10(11)14/h5-7H,3-4,8H2,1-2H3,(H,15,17). The normalized spacial score (nSPS) is 11.7. The molecule has 0 radical (unpaired) electrons. The molecule has 1 N–H and O–H groups in total. The smallest absolute Gasteiger partial charge is 0.241 e. The number of hydrogen-bond acceptors (Lipinski definition) is 3. The first-order valence-electron chi connectivity index (χ1n) is 6.02. The molecule has 1 aromatic rings. The highest BCUT2D eigenvalue weighted by atomic mass is 35.5. The van der Waals surface area contributed by atoms with Crippen LogP contribution in [0.5, 0.6) is 0 Å². The van der Waals surface area contributed by atoms with Crippen molar-refractivity contribution in [1.82, 2.24) is 4.31 Å². The number of amides is 1. The molecule has 1 amide bonds. The third-order valence-corrected chi connectivity index (χ3v) is 4.78. The summed E-state index contributed by atoms with van der Waals surface area (Å²) in [6, 6.07) is 3.72. The van der Waals surface area contributed by atoms with Gasteiger partial charge in [-0.1, -0.05) is 25.4 Å². The van der Waals surface area contributed by atoms with E-state index in [-0.39, 0.29) is 23.8 Å². The number of anilines is 1. The largest absolute Gasteiger partial charge is 0.323 e. The Bertz CT molecular complexity index is 588. The van der Waals surface area contributed by atoms with E-state index in [0.29, 0.717) is 0 Å². The molecule has 0 fully saturated rings. The molecule has 112 valence electrons. The van der Waals surface area contributed by atoms with E-state index in [0.717, 1.165) is 6.07 Å². The minimum absolute atomic E-state index is 0.103. The van der Waals surface area contributed by atoms with Crippen molar-refractivity contribution in [3.8, 4) is 0 Å². The number of halogens is 2. The van der Waals surface area contributed by atoms with Crippen molar-refractivity contribution in [3.05, 3.63) is 29.0 Å². The highest BCUT2D eigenvalue weighted by Crippen LogP contribution is 2.18. The minimum Gasteiger partial charge on any atom is -0.323 e. The van der Waals surface area contributed by atoms with E-state index in [1.807, 2.05) is 0 Å². The molecule has 0 atom stereocenters. The van der Waals surface area contributed by atoms with Crippen molar-refractivity contribution in [2.45, 2.75) is 13.8 Å². The maximum Gasteiger partial charge on any atom is 0.241 e. The van der Waals surface area contributed by atoms with Gasteiger partial charge in [-0.25, -0.2) is 17.1 Å². The number of hydrogen-bond donors (Lipinski definition) is 1. The van der Waals surface area contributed by atoms with Crippen LogP contribution in [-0.4, -0.2) is 37.5 Å². The molecule has 0 saturated heterocycles. The van der Waals surface area contributed by atoms with Crippen LogP contribution in [0.15, 0.2) is 18.2 Å². The molecule has 0 bridgehead atoms. The van der Waals surface area contributed by atoms with Crippen LogP contribution in [0.3, 0.4) is 0 Å². The van der Waals surface area contributed by atoms with Crippen molar-refractivity contribution >= 4 is 33.2 Å². The van der Waals surface area contributed by atoms with Gasteiger partial charge in [-0.2, -0.15) is 0 Å². The molecule has 0 unspecified atom stereocenters. The molecule has 5 nitrogen and oxygen atoms in total. The van der Waals surface area contributed by atoms with Crippen molar-refractivity contribution < 1.29 is 17.6 Å². The summed E-state index contributed by atoms with van der Waals surface area (Å²) in [5, 5.41) is 2.41. The van der Waals surface area contributed by atoms with Gasteiger partial charge in [0.05, 0.1) is 5.69 Å². The molecular formula is C12H16ClFN2O3S. The fourth-order valence-electron chi connectivity index (χ4n) is 1.65. The average molecular weight is 323 g/mol. The minimum atomic E-state index is -3.69. The van der Waals surface area contributed by atoms with Crippen LogP contribution >= 0.6 is 11.6 Å². The SMILES string of the molecule is CCN(CC)S(=O)(=O)CC(=O)Nc1ccc(Cl)cc1F. The van der Waals surface area contributed by atoms with Gasteiger partial charge in [0.25, 0.3) is 0 Å². The second-order valence-electron chi connectivity index (χ2n) is 4.01. The second-order valence-corrected chi connectivity index (χ2v) is 6.42. The van der Waals surface area contributed by atoms with Crippen LogP contribution in [0.25, 0.3) is 0 Å². The Hall–Kier alpha value is -1.18. The number of carbonyl (C=O) groups excluding carboxylic acids is 1. The Labute approximate surface area is 122 Å². The zero-order valence-electron chi connectivity index (χ0n) is 11.2. The van der Waals surface area contributed by atoms with E-state index in [1.54, 1.807) is 13.8 Å². The fourth-order valence-corrected chi connectivity index (χ4v) is 3.18. The van der Waals surface area contributed by atoms with Gasteiger partial charge in [0, 0.05) is 18.1 Å². The van der Waals surface area contributed by atoms with Crippen LogP contribution in [0.1, 0.15) is 13.8 Å². The van der Waals surface area contributed by atoms with Crippen molar-refractivity contribution in [3.63, 3.8) is 0 Å². The summed E-state index contributed by atoms with van der Waals surface area (Å²) in [6.45, 7) is 3.92. The van der Waals surface area contributed by atoms with Crippen LogP contribution in [0, 0.1) is 5.82 Å². The van der Waals surface area contributed by atoms with Crippen molar-refractivity contribution in [2.75, 3.05) is 24.2 Å². The summed E-state index contributed by atoms with van der Waals surface area (Å²) in [4.78, 5) is 11.7. The predicted molar refractivity (Wildman–Crippen MR) is 76.7 cm³/mol. The Morgan fingerprint density at radius 1 is 1.35 bits per heavy atom. The molecule has 1 rings (SSSR count). The lowest BCUT2D eigenvalue weighted by Gasteiger charge is -2.18. The summed E-state index contributed by atoms with van der Waals surface area (Å²) in [6.07, 6.45) is 0. The quantitative estimate of drug-likeness (QED) is 0.872. The van der Waals surface area contributed by atoms with E-state index in [2.05, 4.69) is 5.32 Å².